The Balaban J connectivity index is 1.33. The maximum absolute atomic E-state index is 13.3. The number of nitrogens with zero attached hydrogens (tertiary/aromatic N) is 4. The van der Waals surface area contributed by atoms with Crippen LogP contribution in [0.4, 0.5) is 10.1 Å². The highest BCUT2D eigenvalue weighted by Gasteiger charge is 2.23. The van der Waals surface area contributed by atoms with Crippen molar-refractivity contribution < 1.29 is 9.18 Å². The summed E-state index contributed by atoms with van der Waals surface area (Å²) in [6.07, 6.45) is 6.38. The Hall–Kier alpha value is -2.74. The lowest BCUT2D eigenvalue weighted by Gasteiger charge is -2.31. The summed E-state index contributed by atoms with van der Waals surface area (Å²) >= 11 is 0. The number of carbonyl (C=O) groups excluding carboxylic acids is 1. The first-order chi connectivity index (χ1) is 13.0. The molecule has 0 radical (unpaired) electrons. The number of hydrogen-bond acceptors (Lipinski definition) is 4. The average Bonchev–Trinajstić information content (AvgIpc) is 3.20. The molecule has 2 N–H and O–H groups in total. The van der Waals surface area contributed by atoms with Gasteiger partial charge in [-0.3, -0.25) is 14.4 Å². The summed E-state index contributed by atoms with van der Waals surface area (Å²) in [6, 6.07) is 4.60. The highest BCUT2D eigenvalue weighted by atomic mass is 19.1. The average molecular weight is 370 g/mol. The molecule has 1 saturated heterocycles. The minimum absolute atomic E-state index is 0.0251. The Bertz CT molecular complexity index is 949. The van der Waals surface area contributed by atoms with E-state index in [0.717, 1.165) is 49.2 Å². The second kappa shape index (κ2) is 7.48. The zero-order chi connectivity index (χ0) is 18.8. The highest BCUT2D eigenvalue weighted by Crippen LogP contribution is 2.21. The van der Waals surface area contributed by atoms with E-state index in [0.29, 0.717) is 18.2 Å². The van der Waals surface area contributed by atoms with Crippen LogP contribution in [0.15, 0.2) is 30.6 Å². The van der Waals surface area contributed by atoms with Gasteiger partial charge in [-0.2, -0.15) is 5.10 Å². The lowest BCUT2D eigenvalue weighted by Crippen LogP contribution is -2.41. The van der Waals surface area contributed by atoms with Crippen molar-refractivity contribution in [3.63, 3.8) is 0 Å². The molecule has 1 aliphatic rings. The fraction of sp³-hybridized carbons (Fsp3) is 0.421. The molecule has 0 bridgehead atoms. The number of aromatic amines is 1. The van der Waals surface area contributed by atoms with Crippen LogP contribution in [0.3, 0.4) is 0 Å². The number of halogens is 1. The normalized spacial score (nSPS) is 18.1. The van der Waals surface area contributed by atoms with Gasteiger partial charge in [0.1, 0.15) is 11.6 Å². The van der Waals surface area contributed by atoms with Gasteiger partial charge in [0.15, 0.2) is 0 Å². The van der Waals surface area contributed by atoms with Crippen molar-refractivity contribution in [2.75, 3.05) is 25.0 Å². The van der Waals surface area contributed by atoms with E-state index in [-0.39, 0.29) is 11.7 Å². The molecule has 0 saturated carbocycles. The number of H-pyrrole nitrogens is 1. The molecule has 1 fully saturated rings. The van der Waals surface area contributed by atoms with Crippen LogP contribution in [0.1, 0.15) is 18.7 Å². The van der Waals surface area contributed by atoms with Crippen molar-refractivity contribution in [3.8, 4) is 0 Å². The van der Waals surface area contributed by atoms with E-state index in [9.17, 15) is 9.18 Å². The number of amides is 1. The maximum atomic E-state index is 13.3. The van der Waals surface area contributed by atoms with Crippen LogP contribution >= 0.6 is 0 Å². The van der Waals surface area contributed by atoms with Crippen molar-refractivity contribution >= 4 is 22.6 Å². The fourth-order valence-electron chi connectivity index (χ4n) is 3.76. The third-order valence-corrected chi connectivity index (χ3v) is 4.93. The zero-order valence-electron chi connectivity index (χ0n) is 15.3. The summed E-state index contributed by atoms with van der Waals surface area (Å²) in [5, 5.41) is 6.93. The summed E-state index contributed by atoms with van der Waals surface area (Å²) in [5.74, 6) is 1.02. The molecule has 3 aromatic rings. The van der Waals surface area contributed by atoms with E-state index < -0.39 is 0 Å². The molecule has 0 aliphatic carbocycles. The monoisotopic (exact) mass is 370 g/mol. The van der Waals surface area contributed by atoms with Crippen LogP contribution in [-0.4, -0.2) is 50.2 Å². The van der Waals surface area contributed by atoms with Gasteiger partial charge in [0.05, 0.1) is 29.5 Å². The molecule has 4 rings (SSSR count). The molecule has 8 heteroatoms. The second-order valence-electron chi connectivity index (χ2n) is 7.24. The number of anilines is 1. The van der Waals surface area contributed by atoms with E-state index in [1.54, 1.807) is 23.1 Å². The minimum atomic E-state index is -0.263. The Morgan fingerprint density at radius 3 is 3.15 bits per heavy atom. The predicted octanol–water partition coefficient (Wildman–Crippen LogP) is 2.33. The largest absolute Gasteiger partial charge is 0.342 e. The maximum Gasteiger partial charge on any atom is 0.238 e. The topological polar surface area (TPSA) is 78.8 Å². The fourth-order valence-corrected chi connectivity index (χ4v) is 3.76. The van der Waals surface area contributed by atoms with E-state index >= 15 is 0 Å². The number of benzene rings is 1. The van der Waals surface area contributed by atoms with Gasteiger partial charge in [-0.05, 0) is 43.5 Å². The highest BCUT2D eigenvalue weighted by molar-refractivity contribution is 5.91. The van der Waals surface area contributed by atoms with Gasteiger partial charge in [0.2, 0.25) is 5.91 Å². The molecule has 1 aromatic carbocycles. The SMILES string of the molecule is Cn1cc(NC(=O)CN2CCC[C@@H](Cc3nc4ccc(F)cc4[nH]3)C2)cn1. The van der Waals surface area contributed by atoms with E-state index in [2.05, 4.69) is 25.3 Å². The van der Waals surface area contributed by atoms with Crippen LogP contribution in [0, 0.1) is 11.7 Å². The summed E-state index contributed by atoms with van der Waals surface area (Å²) in [4.78, 5) is 22.2. The van der Waals surface area contributed by atoms with Gasteiger partial charge in [-0.1, -0.05) is 0 Å². The van der Waals surface area contributed by atoms with Crippen LogP contribution in [0.2, 0.25) is 0 Å². The Morgan fingerprint density at radius 2 is 2.33 bits per heavy atom. The van der Waals surface area contributed by atoms with Gasteiger partial charge in [0.25, 0.3) is 0 Å². The molecule has 7 nitrogen and oxygen atoms in total. The number of rotatable bonds is 5. The summed E-state index contributed by atoms with van der Waals surface area (Å²) < 4.78 is 15.0. The number of carbonyl (C=O) groups is 1. The van der Waals surface area contributed by atoms with E-state index in [1.807, 2.05) is 7.05 Å². The number of nitrogens with one attached hydrogen (secondary N) is 2. The Labute approximate surface area is 156 Å². The molecule has 27 heavy (non-hydrogen) atoms. The third-order valence-electron chi connectivity index (χ3n) is 4.93. The van der Waals surface area contributed by atoms with Crippen molar-refractivity contribution in [3.05, 3.63) is 42.2 Å². The molecule has 1 aliphatic heterocycles. The number of fused-ring (bicyclic) bond motifs is 1. The number of imidazole rings is 1. The van der Waals surface area contributed by atoms with Gasteiger partial charge in [-0.25, -0.2) is 9.37 Å². The smallest absolute Gasteiger partial charge is 0.238 e. The van der Waals surface area contributed by atoms with Crippen LogP contribution in [0.5, 0.6) is 0 Å². The zero-order valence-corrected chi connectivity index (χ0v) is 15.3. The molecular weight excluding hydrogens is 347 g/mol. The first kappa shape index (κ1) is 17.7. The molecule has 3 heterocycles. The van der Waals surface area contributed by atoms with Gasteiger partial charge < -0.3 is 10.3 Å². The Morgan fingerprint density at radius 1 is 1.44 bits per heavy atom. The van der Waals surface area contributed by atoms with Gasteiger partial charge in [0, 0.05) is 26.2 Å². The molecule has 0 spiro atoms. The number of aromatic nitrogens is 4. The number of piperidine rings is 1. The van der Waals surface area contributed by atoms with Crippen molar-refractivity contribution in [1.29, 1.82) is 0 Å². The van der Waals surface area contributed by atoms with Crippen molar-refractivity contribution in [2.24, 2.45) is 13.0 Å². The van der Waals surface area contributed by atoms with E-state index in [4.69, 9.17) is 0 Å². The standard InChI is InChI=1S/C19H23FN6O/c1-25-11-15(9-21-25)22-19(27)12-26-6-2-3-13(10-26)7-18-23-16-5-4-14(20)8-17(16)24-18/h4-5,8-9,11,13H,2-3,6-7,10,12H2,1H3,(H,22,27)(H,23,24)/t13-/m0/s1. The lowest BCUT2D eigenvalue weighted by molar-refractivity contribution is -0.117. The number of likely N-dealkylation sites (tertiary alicyclic amines) is 1. The third kappa shape index (κ3) is 4.33. The summed E-state index contributed by atoms with van der Waals surface area (Å²) in [6.45, 7) is 2.14. The second-order valence-corrected chi connectivity index (χ2v) is 7.24. The molecular formula is C19H23FN6O. The predicted molar refractivity (Wildman–Crippen MR) is 101 cm³/mol. The number of aryl methyl sites for hydroxylation is 1. The summed E-state index contributed by atoms with van der Waals surface area (Å²) in [7, 11) is 1.82. The van der Waals surface area contributed by atoms with Crippen LogP contribution in [0.25, 0.3) is 11.0 Å². The lowest BCUT2D eigenvalue weighted by atomic mass is 9.94. The van der Waals surface area contributed by atoms with E-state index in [1.165, 1.54) is 12.1 Å². The Kier molecular flexibility index (Phi) is 4.89. The molecule has 0 unspecified atom stereocenters. The number of hydrogen-bond donors (Lipinski definition) is 2. The first-order valence-electron chi connectivity index (χ1n) is 9.20. The van der Waals surface area contributed by atoms with Gasteiger partial charge >= 0.3 is 0 Å². The van der Waals surface area contributed by atoms with Crippen LogP contribution < -0.4 is 5.32 Å². The van der Waals surface area contributed by atoms with Crippen molar-refractivity contribution in [2.45, 2.75) is 19.3 Å². The molecule has 142 valence electrons. The van der Waals surface area contributed by atoms with Crippen LogP contribution in [-0.2, 0) is 18.3 Å². The quantitative estimate of drug-likeness (QED) is 0.723. The minimum Gasteiger partial charge on any atom is -0.342 e. The molecule has 1 amide bonds. The molecule has 1 atom stereocenters. The first-order valence-corrected chi connectivity index (χ1v) is 9.20. The van der Waals surface area contributed by atoms with Gasteiger partial charge in [-0.15, -0.1) is 0 Å². The van der Waals surface area contributed by atoms with Crippen molar-refractivity contribution in [1.82, 2.24) is 24.6 Å². The molecule has 2 aromatic heterocycles. The summed E-state index contributed by atoms with van der Waals surface area (Å²) in [5.41, 5.74) is 2.23.